The average molecular weight is 343 g/mol. The number of carbonyl (C=O) groups is 2. The second kappa shape index (κ2) is 8.14. The minimum Gasteiger partial charge on any atom is -0.462 e. The SMILES string of the molecule is CCOC(=O)c1cc(C(=O)NN=Cc2ccc(F)cc2)c(C)nc1C. The Morgan fingerprint density at radius 3 is 2.48 bits per heavy atom. The molecular formula is C18H18FN3O3. The summed E-state index contributed by atoms with van der Waals surface area (Å²) in [6.45, 7) is 5.27. The molecule has 0 bridgehead atoms. The molecule has 1 N–H and O–H groups in total. The first kappa shape index (κ1) is 18.3. The number of amides is 1. The molecule has 1 heterocycles. The molecule has 0 radical (unpaired) electrons. The van der Waals surface area contributed by atoms with Crippen molar-refractivity contribution < 1.29 is 18.7 Å². The number of aryl methyl sites for hydroxylation is 2. The van der Waals surface area contributed by atoms with Crippen LogP contribution in [-0.2, 0) is 4.74 Å². The van der Waals surface area contributed by atoms with Crippen LogP contribution in [-0.4, -0.2) is 29.7 Å². The smallest absolute Gasteiger partial charge is 0.339 e. The number of esters is 1. The van der Waals surface area contributed by atoms with Crippen molar-refractivity contribution in [3.8, 4) is 0 Å². The van der Waals surface area contributed by atoms with Crippen molar-refractivity contribution in [3.05, 3.63) is 64.2 Å². The van der Waals surface area contributed by atoms with E-state index in [0.29, 0.717) is 17.0 Å². The van der Waals surface area contributed by atoms with E-state index in [0.717, 1.165) is 0 Å². The molecule has 0 aliphatic carbocycles. The minimum atomic E-state index is -0.531. The number of hydrazone groups is 1. The lowest BCUT2D eigenvalue weighted by Crippen LogP contribution is -2.21. The zero-order valence-corrected chi connectivity index (χ0v) is 14.2. The van der Waals surface area contributed by atoms with E-state index < -0.39 is 11.9 Å². The van der Waals surface area contributed by atoms with Crippen molar-refractivity contribution in [1.82, 2.24) is 10.4 Å². The highest BCUT2D eigenvalue weighted by Crippen LogP contribution is 2.14. The average Bonchev–Trinajstić information content (AvgIpc) is 2.56. The predicted octanol–water partition coefficient (Wildman–Crippen LogP) is 2.78. The third-order valence-corrected chi connectivity index (χ3v) is 3.39. The van der Waals surface area contributed by atoms with Gasteiger partial charge in [-0.05, 0) is 44.5 Å². The molecule has 6 nitrogen and oxygen atoms in total. The summed E-state index contributed by atoms with van der Waals surface area (Å²) in [6, 6.07) is 7.09. The van der Waals surface area contributed by atoms with Crippen molar-refractivity contribution in [3.63, 3.8) is 0 Å². The number of hydrogen-bond donors (Lipinski definition) is 1. The summed E-state index contributed by atoms with van der Waals surface area (Å²) in [5.41, 5.74) is 4.42. The van der Waals surface area contributed by atoms with E-state index in [2.05, 4.69) is 15.5 Å². The normalized spacial score (nSPS) is 10.7. The quantitative estimate of drug-likeness (QED) is 0.514. The zero-order chi connectivity index (χ0) is 18.4. The number of rotatable bonds is 5. The highest BCUT2D eigenvalue weighted by atomic mass is 19.1. The highest BCUT2D eigenvalue weighted by molar-refractivity contribution is 5.99. The highest BCUT2D eigenvalue weighted by Gasteiger charge is 2.17. The van der Waals surface area contributed by atoms with Crippen LogP contribution in [0.4, 0.5) is 4.39 Å². The Hall–Kier alpha value is -3.09. The van der Waals surface area contributed by atoms with Gasteiger partial charge < -0.3 is 4.74 Å². The van der Waals surface area contributed by atoms with Crippen LogP contribution in [0.15, 0.2) is 35.4 Å². The van der Waals surface area contributed by atoms with Crippen LogP contribution in [0.1, 0.15) is 44.6 Å². The lowest BCUT2D eigenvalue weighted by molar-refractivity contribution is 0.0525. The molecule has 0 spiro atoms. The van der Waals surface area contributed by atoms with E-state index in [4.69, 9.17) is 4.74 Å². The summed E-state index contributed by atoms with van der Waals surface area (Å²) >= 11 is 0. The van der Waals surface area contributed by atoms with Crippen LogP contribution >= 0.6 is 0 Å². The second-order valence-electron chi connectivity index (χ2n) is 5.23. The Labute approximate surface area is 144 Å². The van der Waals surface area contributed by atoms with Gasteiger partial charge in [0, 0.05) is 0 Å². The number of hydrogen-bond acceptors (Lipinski definition) is 5. The van der Waals surface area contributed by atoms with Crippen molar-refractivity contribution in [2.75, 3.05) is 6.61 Å². The molecule has 25 heavy (non-hydrogen) atoms. The van der Waals surface area contributed by atoms with Gasteiger partial charge in [0.25, 0.3) is 5.91 Å². The Morgan fingerprint density at radius 2 is 1.84 bits per heavy atom. The van der Waals surface area contributed by atoms with Crippen molar-refractivity contribution in [2.24, 2.45) is 5.10 Å². The summed E-state index contributed by atoms with van der Waals surface area (Å²) in [7, 11) is 0. The fourth-order valence-corrected chi connectivity index (χ4v) is 2.15. The summed E-state index contributed by atoms with van der Waals surface area (Å²) < 4.78 is 17.8. The van der Waals surface area contributed by atoms with Gasteiger partial charge in [0.1, 0.15) is 5.82 Å². The summed E-state index contributed by atoms with van der Waals surface area (Å²) in [5.74, 6) is -1.39. The Bertz CT molecular complexity index is 817. The fourth-order valence-electron chi connectivity index (χ4n) is 2.15. The third kappa shape index (κ3) is 4.69. The number of aromatic nitrogens is 1. The van der Waals surface area contributed by atoms with Crippen LogP contribution in [0.5, 0.6) is 0 Å². The van der Waals surface area contributed by atoms with Crippen molar-refractivity contribution in [1.29, 1.82) is 0 Å². The molecule has 0 saturated carbocycles. The van der Waals surface area contributed by atoms with Gasteiger partial charge in [0.05, 0.1) is 35.3 Å². The summed E-state index contributed by atoms with van der Waals surface area (Å²) in [4.78, 5) is 28.4. The molecule has 0 fully saturated rings. The maximum absolute atomic E-state index is 12.8. The minimum absolute atomic E-state index is 0.227. The van der Waals surface area contributed by atoms with Crippen LogP contribution < -0.4 is 5.43 Å². The topological polar surface area (TPSA) is 80.7 Å². The molecule has 7 heteroatoms. The lowest BCUT2D eigenvalue weighted by Gasteiger charge is -2.09. The van der Waals surface area contributed by atoms with Crippen molar-refractivity contribution in [2.45, 2.75) is 20.8 Å². The van der Waals surface area contributed by atoms with E-state index in [1.807, 2.05) is 0 Å². The Morgan fingerprint density at radius 1 is 1.20 bits per heavy atom. The molecule has 0 aliphatic heterocycles. The van der Waals surface area contributed by atoms with E-state index in [1.165, 1.54) is 36.5 Å². The Kier molecular flexibility index (Phi) is 5.94. The molecular weight excluding hydrogens is 325 g/mol. The molecule has 0 saturated heterocycles. The first-order valence-electron chi connectivity index (χ1n) is 7.66. The molecule has 1 aromatic heterocycles. The lowest BCUT2D eigenvalue weighted by atomic mass is 10.1. The van der Waals surface area contributed by atoms with Gasteiger partial charge in [-0.3, -0.25) is 9.78 Å². The Balaban J connectivity index is 2.16. The number of halogens is 1. The first-order valence-corrected chi connectivity index (χ1v) is 7.66. The van der Waals surface area contributed by atoms with Gasteiger partial charge in [-0.15, -0.1) is 0 Å². The maximum atomic E-state index is 12.8. The van der Waals surface area contributed by atoms with Gasteiger partial charge in [-0.1, -0.05) is 12.1 Å². The van der Waals surface area contributed by atoms with Crippen LogP contribution in [0.3, 0.4) is 0 Å². The molecule has 0 atom stereocenters. The molecule has 0 unspecified atom stereocenters. The monoisotopic (exact) mass is 343 g/mol. The van der Waals surface area contributed by atoms with Gasteiger partial charge in [-0.2, -0.15) is 5.10 Å². The van der Waals surface area contributed by atoms with Gasteiger partial charge in [0.2, 0.25) is 0 Å². The molecule has 2 aromatic rings. The third-order valence-electron chi connectivity index (χ3n) is 3.39. The van der Waals surface area contributed by atoms with Crippen LogP contribution in [0, 0.1) is 19.7 Å². The van der Waals surface area contributed by atoms with Gasteiger partial charge >= 0.3 is 5.97 Å². The zero-order valence-electron chi connectivity index (χ0n) is 14.2. The molecule has 2 rings (SSSR count). The fraction of sp³-hybridized carbons (Fsp3) is 0.222. The second-order valence-corrected chi connectivity index (χ2v) is 5.23. The van der Waals surface area contributed by atoms with Crippen molar-refractivity contribution >= 4 is 18.1 Å². The summed E-state index contributed by atoms with van der Waals surface area (Å²) in [6.07, 6.45) is 1.39. The van der Waals surface area contributed by atoms with Gasteiger partial charge in [0.15, 0.2) is 0 Å². The number of nitrogens with zero attached hydrogens (tertiary/aromatic N) is 2. The van der Waals surface area contributed by atoms with E-state index in [9.17, 15) is 14.0 Å². The number of benzene rings is 1. The molecule has 1 aromatic carbocycles. The van der Waals surface area contributed by atoms with E-state index in [1.54, 1.807) is 20.8 Å². The number of pyridine rings is 1. The largest absolute Gasteiger partial charge is 0.462 e. The van der Waals surface area contributed by atoms with Crippen LogP contribution in [0.2, 0.25) is 0 Å². The van der Waals surface area contributed by atoms with E-state index in [-0.39, 0.29) is 23.6 Å². The number of carbonyl (C=O) groups excluding carboxylic acids is 2. The first-order chi connectivity index (χ1) is 11.9. The standard InChI is InChI=1S/C18H18FN3O3/c1-4-25-18(24)16-9-15(11(2)21-12(16)3)17(23)22-20-10-13-5-7-14(19)8-6-13/h5-10H,4H2,1-3H3,(H,22,23). The number of nitrogens with one attached hydrogen (secondary N) is 1. The molecule has 130 valence electrons. The maximum Gasteiger partial charge on any atom is 0.339 e. The molecule has 0 aliphatic rings. The summed E-state index contributed by atoms with van der Waals surface area (Å²) in [5, 5.41) is 3.83. The van der Waals surface area contributed by atoms with Gasteiger partial charge in [-0.25, -0.2) is 14.6 Å². The van der Waals surface area contributed by atoms with Crippen LogP contribution in [0.25, 0.3) is 0 Å². The number of ether oxygens (including phenoxy) is 1. The molecule has 1 amide bonds. The van der Waals surface area contributed by atoms with E-state index >= 15 is 0 Å². The predicted molar refractivity (Wildman–Crippen MR) is 91.1 cm³/mol.